The lowest BCUT2D eigenvalue weighted by molar-refractivity contribution is -0.154. The molecule has 0 aromatic heterocycles. The van der Waals surface area contributed by atoms with Gasteiger partial charge in [-0.05, 0) is 52.0 Å². The number of hydrogen-bond acceptors (Lipinski definition) is 4. The Hall–Kier alpha value is -0.710. The molecule has 0 saturated carbocycles. The predicted molar refractivity (Wildman–Crippen MR) is 78.1 cm³/mol. The van der Waals surface area contributed by atoms with E-state index in [1.165, 1.54) is 0 Å². The van der Waals surface area contributed by atoms with Gasteiger partial charge in [-0.25, -0.2) is 0 Å². The van der Waals surface area contributed by atoms with Crippen molar-refractivity contribution in [2.45, 2.75) is 46.1 Å². The SMILES string of the molecule is CCOC(=O)CN(C(=O)C1CCSCC1)C(C)(C)C. The molecule has 1 aliphatic heterocycles. The van der Waals surface area contributed by atoms with Crippen molar-refractivity contribution in [1.29, 1.82) is 0 Å². The Kier molecular flexibility index (Phi) is 6.17. The van der Waals surface area contributed by atoms with Crippen molar-refractivity contribution in [2.75, 3.05) is 24.7 Å². The summed E-state index contributed by atoms with van der Waals surface area (Å²) in [5, 5.41) is 0. The van der Waals surface area contributed by atoms with Crippen LogP contribution in [0.3, 0.4) is 0 Å². The zero-order chi connectivity index (χ0) is 14.5. The van der Waals surface area contributed by atoms with Crippen LogP contribution in [-0.4, -0.2) is 47.0 Å². The minimum Gasteiger partial charge on any atom is -0.465 e. The second-order valence-corrected chi connectivity index (χ2v) is 7.01. The molecule has 1 heterocycles. The lowest BCUT2D eigenvalue weighted by atomic mass is 9.97. The molecule has 0 aromatic rings. The molecular weight excluding hydrogens is 262 g/mol. The quantitative estimate of drug-likeness (QED) is 0.745. The number of nitrogens with zero attached hydrogens (tertiary/aromatic N) is 1. The first-order valence-corrected chi connectivity index (χ1v) is 8.06. The molecular formula is C14H25NO3S. The van der Waals surface area contributed by atoms with Gasteiger partial charge in [0, 0.05) is 11.5 Å². The number of esters is 1. The highest BCUT2D eigenvalue weighted by molar-refractivity contribution is 7.99. The van der Waals surface area contributed by atoms with Crippen LogP contribution in [0.25, 0.3) is 0 Å². The Morgan fingerprint density at radius 2 is 1.84 bits per heavy atom. The summed E-state index contributed by atoms with van der Waals surface area (Å²) in [6.45, 7) is 8.06. The van der Waals surface area contributed by atoms with Crippen LogP contribution in [0.4, 0.5) is 0 Å². The molecule has 0 aliphatic carbocycles. The maximum absolute atomic E-state index is 12.6. The third-order valence-corrected chi connectivity index (χ3v) is 4.29. The first-order chi connectivity index (χ1) is 8.86. The van der Waals surface area contributed by atoms with Gasteiger partial charge in [-0.3, -0.25) is 9.59 Å². The standard InChI is InChI=1S/C14H25NO3S/c1-5-18-12(16)10-15(14(2,3)4)13(17)11-6-8-19-9-7-11/h11H,5-10H2,1-4H3. The molecule has 110 valence electrons. The van der Waals surface area contributed by atoms with Crippen molar-refractivity contribution in [3.63, 3.8) is 0 Å². The maximum atomic E-state index is 12.6. The lowest BCUT2D eigenvalue weighted by Crippen LogP contribution is -2.51. The Labute approximate surface area is 120 Å². The summed E-state index contributed by atoms with van der Waals surface area (Å²) < 4.78 is 4.97. The van der Waals surface area contributed by atoms with E-state index >= 15 is 0 Å². The van der Waals surface area contributed by atoms with E-state index in [-0.39, 0.29) is 29.9 Å². The zero-order valence-electron chi connectivity index (χ0n) is 12.4. The fraction of sp³-hybridized carbons (Fsp3) is 0.857. The first-order valence-electron chi connectivity index (χ1n) is 6.91. The van der Waals surface area contributed by atoms with E-state index in [4.69, 9.17) is 4.74 Å². The van der Waals surface area contributed by atoms with E-state index in [0.29, 0.717) is 6.61 Å². The molecule has 0 bridgehead atoms. The molecule has 4 nitrogen and oxygen atoms in total. The third kappa shape index (κ3) is 5.05. The highest BCUT2D eigenvalue weighted by Gasteiger charge is 2.34. The predicted octanol–water partition coefficient (Wildman–Crippen LogP) is 2.32. The monoisotopic (exact) mass is 287 g/mol. The van der Waals surface area contributed by atoms with Gasteiger partial charge in [-0.1, -0.05) is 0 Å². The number of ether oxygens (including phenoxy) is 1. The number of carbonyl (C=O) groups is 2. The molecule has 1 amide bonds. The Bertz CT molecular complexity index is 319. The Morgan fingerprint density at radius 3 is 2.32 bits per heavy atom. The van der Waals surface area contributed by atoms with Gasteiger partial charge in [0.2, 0.25) is 5.91 Å². The molecule has 0 atom stereocenters. The molecule has 0 spiro atoms. The smallest absolute Gasteiger partial charge is 0.325 e. The van der Waals surface area contributed by atoms with E-state index in [1.807, 2.05) is 32.5 Å². The fourth-order valence-corrected chi connectivity index (χ4v) is 3.25. The number of thioether (sulfide) groups is 1. The van der Waals surface area contributed by atoms with Gasteiger partial charge in [0.15, 0.2) is 0 Å². The average molecular weight is 287 g/mol. The van der Waals surface area contributed by atoms with E-state index in [2.05, 4.69) is 0 Å². The van der Waals surface area contributed by atoms with Crippen molar-refractivity contribution in [3.8, 4) is 0 Å². The lowest BCUT2D eigenvalue weighted by Gasteiger charge is -2.38. The first kappa shape index (κ1) is 16.3. The molecule has 19 heavy (non-hydrogen) atoms. The summed E-state index contributed by atoms with van der Waals surface area (Å²) >= 11 is 1.89. The normalized spacial score (nSPS) is 17.1. The molecule has 1 fully saturated rings. The van der Waals surface area contributed by atoms with Crippen molar-refractivity contribution in [2.24, 2.45) is 5.92 Å². The highest BCUT2D eigenvalue weighted by Crippen LogP contribution is 2.27. The minimum atomic E-state index is -0.353. The number of hydrogen-bond donors (Lipinski definition) is 0. The van der Waals surface area contributed by atoms with Gasteiger partial charge in [0.1, 0.15) is 6.54 Å². The van der Waals surface area contributed by atoms with E-state index < -0.39 is 0 Å². The van der Waals surface area contributed by atoms with Gasteiger partial charge in [-0.15, -0.1) is 0 Å². The van der Waals surface area contributed by atoms with Crippen molar-refractivity contribution >= 4 is 23.6 Å². The fourth-order valence-electron chi connectivity index (χ4n) is 2.15. The molecule has 1 aliphatic rings. The largest absolute Gasteiger partial charge is 0.465 e. The van der Waals surface area contributed by atoms with Crippen LogP contribution in [0.1, 0.15) is 40.5 Å². The summed E-state index contributed by atoms with van der Waals surface area (Å²) in [6.07, 6.45) is 1.83. The van der Waals surface area contributed by atoms with Crippen molar-refractivity contribution in [1.82, 2.24) is 4.90 Å². The number of carbonyl (C=O) groups excluding carboxylic acids is 2. The molecule has 0 unspecified atom stereocenters. The molecule has 0 N–H and O–H groups in total. The Balaban J connectivity index is 2.72. The second kappa shape index (κ2) is 7.17. The second-order valence-electron chi connectivity index (χ2n) is 5.79. The third-order valence-electron chi connectivity index (χ3n) is 3.24. The minimum absolute atomic E-state index is 0.0554. The van der Waals surface area contributed by atoms with Gasteiger partial charge < -0.3 is 9.64 Å². The van der Waals surface area contributed by atoms with Crippen molar-refractivity contribution in [3.05, 3.63) is 0 Å². The van der Waals surface area contributed by atoms with Gasteiger partial charge in [-0.2, -0.15) is 11.8 Å². The van der Waals surface area contributed by atoms with Crippen LogP contribution < -0.4 is 0 Å². The van der Waals surface area contributed by atoms with Crippen LogP contribution in [-0.2, 0) is 14.3 Å². The van der Waals surface area contributed by atoms with E-state index in [1.54, 1.807) is 11.8 Å². The van der Waals surface area contributed by atoms with E-state index in [0.717, 1.165) is 24.3 Å². The van der Waals surface area contributed by atoms with Gasteiger partial charge >= 0.3 is 5.97 Å². The van der Waals surface area contributed by atoms with Crippen molar-refractivity contribution < 1.29 is 14.3 Å². The maximum Gasteiger partial charge on any atom is 0.325 e. The molecule has 1 saturated heterocycles. The zero-order valence-corrected chi connectivity index (χ0v) is 13.2. The topological polar surface area (TPSA) is 46.6 Å². The van der Waals surface area contributed by atoms with Gasteiger partial charge in [0.05, 0.1) is 6.61 Å². The molecule has 5 heteroatoms. The average Bonchev–Trinajstić information content (AvgIpc) is 2.35. The molecule has 0 radical (unpaired) electrons. The van der Waals surface area contributed by atoms with Crippen LogP contribution in [0.5, 0.6) is 0 Å². The summed E-state index contributed by atoms with van der Waals surface area (Å²) in [7, 11) is 0. The van der Waals surface area contributed by atoms with Crippen LogP contribution in [0, 0.1) is 5.92 Å². The van der Waals surface area contributed by atoms with Crippen LogP contribution in [0.2, 0.25) is 0 Å². The van der Waals surface area contributed by atoms with Crippen LogP contribution in [0.15, 0.2) is 0 Å². The summed E-state index contributed by atoms with van der Waals surface area (Å²) in [6, 6.07) is 0. The summed E-state index contributed by atoms with van der Waals surface area (Å²) in [4.78, 5) is 25.9. The molecule has 1 rings (SSSR count). The molecule has 0 aromatic carbocycles. The number of amides is 1. The summed E-state index contributed by atoms with van der Waals surface area (Å²) in [5.41, 5.74) is -0.353. The van der Waals surface area contributed by atoms with E-state index in [9.17, 15) is 9.59 Å². The summed E-state index contributed by atoms with van der Waals surface area (Å²) in [5.74, 6) is 1.91. The van der Waals surface area contributed by atoms with Crippen LogP contribution >= 0.6 is 11.8 Å². The Morgan fingerprint density at radius 1 is 1.26 bits per heavy atom. The highest BCUT2D eigenvalue weighted by atomic mass is 32.2. The van der Waals surface area contributed by atoms with Gasteiger partial charge in [0.25, 0.3) is 0 Å². The number of rotatable bonds is 4.